The summed E-state index contributed by atoms with van der Waals surface area (Å²) in [5, 5.41) is 8.62. The van der Waals surface area contributed by atoms with Gasteiger partial charge in [-0.1, -0.05) is 18.2 Å². The highest BCUT2D eigenvalue weighted by Crippen LogP contribution is 2.19. The number of carboxylic acids is 1. The van der Waals surface area contributed by atoms with Crippen molar-refractivity contribution in [2.24, 2.45) is 0 Å². The van der Waals surface area contributed by atoms with Gasteiger partial charge < -0.3 is 14.7 Å². The van der Waals surface area contributed by atoms with Gasteiger partial charge in [0.2, 0.25) is 0 Å². The standard InChI is InChI=1S/C13H19NO3/c1-3-17-12-7-5-4-6-11(12)10-14(2)9-8-13(15)16/h4-7H,3,8-10H2,1-2H3,(H,15,16). The monoisotopic (exact) mass is 237 g/mol. The number of nitrogens with zero attached hydrogens (tertiary/aromatic N) is 1. The number of para-hydroxylation sites is 1. The lowest BCUT2D eigenvalue weighted by Gasteiger charge is -2.17. The Bertz CT molecular complexity index is 365. The molecule has 1 aromatic carbocycles. The van der Waals surface area contributed by atoms with Crippen molar-refractivity contribution in [2.45, 2.75) is 19.9 Å². The highest BCUT2D eigenvalue weighted by molar-refractivity contribution is 5.66. The van der Waals surface area contributed by atoms with E-state index in [4.69, 9.17) is 9.84 Å². The first kappa shape index (κ1) is 13.5. The van der Waals surface area contributed by atoms with Crippen molar-refractivity contribution in [1.29, 1.82) is 0 Å². The van der Waals surface area contributed by atoms with E-state index in [9.17, 15) is 4.79 Å². The van der Waals surface area contributed by atoms with E-state index in [1.54, 1.807) is 0 Å². The predicted octanol–water partition coefficient (Wildman–Crippen LogP) is 1.99. The summed E-state index contributed by atoms with van der Waals surface area (Å²) in [6.45, 7) is 3.82. The maximum Gasteiger partial charge on any atom is 0.304 e. The number of carboxylic acid groups (broad SMARTS) is 1. The van der Waals surface area contributed by atoms with E-state index >= 15 is 0 Å². The Morgan fingerprint density at radius 3 is 2.76 bits per heavy atom. The minimum absolute atomic E-state index is 0.160. The zero-order chi connectivity index (χ0) is 12.7. The molecule has 0 heterocycles. The lowest BCUT2D eigenvalue weighted by Crippen LogP contribution is -2.21. The molecular weight excluding hydrogens is 218 g/mol. The second-order valence-corrected chi connectivity index (χ2v) is 3.92. The SMILES string of the molecule is CCOc1ccccc1CN(C)CCC(=O)O. The van der Waals surface area contributed by atoms with Crippen molar-refractivity contribution >= 4 is 5.97 Å². The average Bonchev–Trinajstić information content (AvgIpc) is 2.29. The van der Waals surface area contributed by atoms with E-state index in [0.717, 1.165) is 11.3 Å². The van der Waals surface area contributed by atoms with Crippen molar-refractivity contribution in [3.63, 3.8) is 0 Å². The van der Waals surface area contributed by atoms with Gasteiger partial charge in [0, 0.05) is 18.7 Å². The minimum atomic E-state index is -0.769. The first-order chi connectivity index (χ1) is 8.13. The molecule has 0 amide bonds. The van der Waals surface area contributed by atoms with Gasteiger partial charge in [0.25, 0.3) is 0 Å². The molecule has 0 saturated carbocycles. The molecule has 0 aliphatic heterocycles. The topological polar surface area (TPSA) is 49.8 Å². The number of carbonyl (C=O) groups is 1. The van der Waals surface area contributed by atoms with Crippen LogP contribution in [-0.2, 0) is 11.3 Å². The Morgan fingerprint density at radius 1 is 1.41 bits per heavy atom. The first-order valence-electron chi connectivity index (χ1n) is 5.74. The molecule has 0 saturated heterocycles. The Balaban J connectivity index is 2.57. The van der Waals surface area contributed by atoms with Crippen molar-refractivity contribution in [1.82, 2.24) is 4.90 Å². The fraction of sp³-hybridized carbons (Fsp3) is 0.462. The Hall–Kier alpha value is -1.55. The van der Waals surface area contributed by atoms with Crippen LogP contribution in [0.15, 0.2) is 24.3 Å². The van der Waals surface area contributed by atoms with Crippen LogP contribution in [0.5, 0.6) is 5.75 Å². The summed E-state index contributed by atoms with van der Waals surface area (Å²) < 4.78 is 5.52. The van der Waals surface area contributed by atoms with E-state index < -0.39 is 5.97 Å². The Labute approximate surface area is 102 Å². The van der Waals surface area contributed by atoms with Crippen molar-refractivity contribution < 1.29 is 14.6 Å². The maximum absolute atomic E-state index is 10.5. The Morgan fingerprint density at radius 2 is 2.12 bits per heavy atom. The molecule has 94 valence electrons. The van der Waals surface area contributed by atoms with Crippen LogP contribution < -0.4 is 4.74 Å². The van der Waals surface area contributed by atoms with Crippen LogP contribution in [-0.4, -0.2) is 36.2 Å². The number of ether oxygens (including phenoxy) is 1. The van der Waals surface area contributed by atoms with Gasteiger partial charge in [0.1, 0.15) is 5.75 Å². The zero-order valence-electron chi connectivity index (χ0n) is 10.3. The molecule has 0 radical (unpaired) electrons. The molecule has 4 nitrogen and oxygen atoms in total. The highest BCUT2D eigenvalue weighted by Gasteiger charge is 2.07. The minimum Gasteiger partial charge on any atom is -0.494 e. The van der Waals surface area contributed by atoms with Crippen LogP contribution in [0.2, 0.25) is 0 Å². The molecule has 0 bridgehead atoms. The first-order valence-corrected chi connectivity index (χ1v) is 5.74. The molecule has 0 aliphatic rings. The zero-order valence-corrected chi connectivity index (χ0v) is 10.3. The predicted molar refractivity (Wildman–Crippen MR) is 66.2 cm³/mol. The smallest absolute Gasteiger partial charge is 0.304 e. The fourth-order valence-corrected chi connectivity index (χ4v) is 1.59. The molecule has 0 aliphatic carbocycles. The molecule has 1 rings (SSSR count). The third-order valence-electron chi connectivity index (χ3n) is 2.42. The average molecular weight is 237 g/mol. The number of rotatable bonds is 7. The summed E-state index contributed by atoms with van der Waals surface area (Å²) in [6, 6.07) is 7.83. The summed E-state index contributed by atoms with van der Waals surface area (Å²) in [5.74, 6) is 0.104. The normalized spacial score (nSPS) is 10.5. The van der Waals surface area contributed by atoms with Crippen LogP contribution in [0.25, 0.3) is 0 Å². The van der Waals surface area contributed by atoms with Gasteiger partial charge in [0.15, 0.2) is 0 Å². The van der Waals surface area contributed by atoms with Gasteiger partial charge in [-0.3, -0.25) is 4.79 Å². The third kappa shape index (κ3) is 4.87. The number of benzene rings is 1. The molecule has 0 unspecified atom stereocenters. The van der Waals surface area contributed by atoms with E-state index in [2.05, 4.69) is 0 Å². The lowest BCUT2D eigenvalue weighted by molar-refractivity contribution is -0.137. The maximum atomic E-state index is 10.5. The van der Waals surface area contributed by atoms with Crippen LogP contribution in [0.3, 0.4) is 0 Å². The highest BCUT2D eigenvalue weighted by atomic mass is 16.5. The van der Waals surface area contributed by atoms with Gasteiger partial charge >= 0.3 is 5.97 Å². The molecule has 0 aromatic heterocycles. The molecule has 1 aromatic rings. The van der Waals surface area contributed by atoms with Gasteiger partial charge in [-0.25, -0.2) is 0 Å². The molecule has 0 fully saturated rings. The van der Waals surface area contributed by atoms with E-state index in [1.807, 2.05) is 43.1 Å². The molecule has 4 heteroatoms. The fourth-order valence-electron chi connectivity index (χ4n) is 1.59. The number of aliphatic carboxylic acids is 1. The lowest BCUT2D eigenvalue weighted by atomic mass is 10.2. The van der Waals surface area contributed by atoms with E-state index in [0.29, 0.717) is 19.7 Å². The van der Waals surface area contributed by atoms with E-state index in [-0.39, 0.29) is 6.42 Å². The van der Waals surface area contributed by atoms with Crippen molar-refractivity contribution in [2.75, 3.05) is 20.2 Å². The second-order valence-electron chi connectivity index (χ2n) is 3.92. The number of hydrogen-bond acceptors (Lipinski definition) is 3. The Kier molecular flexibility index (Phi) is 5.49. The molecular formula is C13H19NO3. The van der Waals surface area contributed by atoms with Crippen molar-refractivity contribution in [3.05, 3.63) is 29.8 Å². The number of hydrogen-bond donors (Lipinski definition) is 1. The van der Waals surface area contributed by atoms with Crippen LogP contribution >= 0.6 is 0 Å². The van der Waals surface area contributed by atoms with Crippen molar-refractivity contribution in [3.8, 4) is 5.75 Å². The van der Waals surface area contributed by atoms with Gasteiger partial charge in [-0.05, 0) is 20.0 Å². The summed E-state index contributed by atoms with van der Waals surface area (Å²) in [4.78, 5) is 12.5. The van der Waals surface area contributed by atoms with Gasteiger partial charge in [0.05, 0.1) is 13.0 Å². The van der Waals surface area contributed by atoms with Crippen LogP contribution in [0, 0.1) is 0 Å². The third-order valence-corrected chi connectivity index (χ3v) is 2.42. The summed E-state index contributed by atoms with van der Waals surface area (Å²) in [6.07, 6.45) is 0.160. The van der Waals surface area contributed by atoms with Crippen LogP contribution in [0.4, 0.5) is 0 Å². The molecule has 1 N–H and O–H groups in total. The van der Waals surface area contributed by atoms with Gasteiger partial charge in [-0.15, -0.1) is 0 Å². The molecule has 17 heavy (non-hydrogen) atoms. The molecule has 0 atom stereocenters. The summed E-state index contributed by atoms with van der Waals surface area (Å²) in [5.41, 5.74) is 1.09. The van der Waals surface area contributed by atoms with E-state index in [1.165, 1.54) is 0 Å². The van der Waals surface area contributed by atoms with Crippen LogP contribution in [0.1, 0.15) is 18.9 Å². The summed E-state index contributed by atoms with van der Waals surface area (Å²) in [7, 11) is 1.91. The second kappa shape index (κ2) is 6.91. The molecule has 0 spiro atoms. The van der Waals surface area contributed by atoms with Gasteiger partial charge in [-0.2, -0.15) is 0 Å². The quantitative estimate of drug-likeness (QED) is 0.788. The summed E-state index contributed by atoms with van der Waals surface area (Å²) >= 11 is 0. The largest absolute Gasteiger partial charge is 0.494 e.